The molecule has 1 rings (SSSR count). The average Bonchev–Trinajstić information content (AvgIpc) is 2.39. The third-order valence-electron chi connectivity index (χ3n) is 3.03. The molecule has 0 aromatic carbocycles. The van der Waals surface area contributed by atoms with E-state index < -0.39 is 0 Å². The second-order valence-corrected chi connectivity index (χ2v) is 4.61. The van der Waals surface area contributed by atoms with Crippen molar-refractivity contribution in [3.8, 4) is 5.75 Å². The van der Waals surface area contributed by atoms with Gasteiger partial charge in [-0.3, -0.25) is 4.98 Å². The number of nitrogens with zero attached hydrogens (tertiary/aromatic N) is 1. The first-order chi connectivity index (χ1) is 8.31. The van der Waals surface area contributed by atoms with E-state index in [0.29, 0.717) is 11.8 Å². The Hall–Kier alpha value is -0.760. The van der Waals surface area contributed by atoms with Crippen LogP contribution in [0.3, 0.4) is 0 Å². The average molecular weight is 256 g/mol. The minimum Gasteiger partial charge on any atom is -0.491 e. The molecule has 0 radical (unpaired) electrons. The van der Waals surface area contributed by atoms with Crippen LogP contribution in [0.5, 0.6) is 5.75 Å². The minimum atomic E-state index is 0.476. The summed E-state index contributed by atoms with van der Waals surface area (Å²) in [7, 11) is 0. The van der Waals surface area contributed by atoms with Gasteiger partial charge >= 0.3 is 0 Å². The lowest BCUT2D eigenvalue weighted by atomic mass is 10.0. The maximum absolute atomic E-state index is 5.86. The van der Waals surface area contributed by atoms with Crippen molar-refractivity contribution in [2.24, 2.45) is 5.92 Å². The molecule has 2 nitrogen and oxygen atoms in total. The van der Waals surface area contributed by atoms with Crippen LogP contribution >= 0.6 is 11.6 Å². The van der Waals surface area contributed by atoms with Crippen molar-refractivity contribution in [1.29, 1.82) is 0 Å². The second kappa shape index (κ2) is 8.35. The van der Waals surface area contributed by atoms with Gasteiger partial charge in [-0.05, 0) is 18.4 Å². The fourth-order valence-corrected chi connectivity index (χ4v) is 1.98. The molecule has 0 amide bonds. The van der Waals surface area contributed by atoms with Crippen LogP contribution in [0.25, 0.3) is 0 Å². The molecule has 0 fully saturated rings. The van der Waals surface area contributed by atoms with E-state index in [1.807, 2.05) is 6.07 Å². The Kier molecular flexibility index (Phi) is 7.02. The Bertz CT molecular complexity index is 317. The molecule has 0 aliphatic carbocycles. The predicted molar refractivity (Wildman–Crippen MR) is 72.6 cm³/mol. The highest BCUT2D eigenvalue weighted by molar-refractivity contribution is 6.17. The van der Waals surface area contributed by atoms with Gasteiger partial charge in [-0.2, -0.15) is 0 Å². The summed E-state index contributed by atoms with van der Waals surface area (Å²) in [4.78, 5) is 4.08. The number of halogens is 1. The summed E-state index contributed by atoms with van der Waals surface area (Å²) in [5.41, 5.74) is 1.02. The predicted octanol–water partition coefficient (Wildman–Crippen LogP) is 4.42. The Balaban J connectivity index is 2.47. The van der Waals surface area contributed by atoms with Gasteiger partial charge in [-0.15, -0.1) is 11.6 Å². The lowest BCUT2D eigenvalue weighted by molar-refractivity contribution is 0.231. The van der Waals surface area contributed by atoms with Gasteiger partial charge in [0.15, 0.2) is 0 Å². The van der Waals surface area contributed by atoms with Gasteiger partial charge in [-0.1, -0.05) is 33.1 Å². The number of rotatable bonds is 8. The summed E-state index contributed by atoms with van der Waals surface area (Å²) in [6.07, 6.45) is 8.43. The van der Waals surface area contributed by atoms with Gasteiger partial charge in [0.1, 0.15) is 5.75 Å². The van der Waals surface area contributed by atoms with E-state index in [1.54, 1.807) is 12.4 Å². The first-order valence-corrected chi connectivity index (χ1v) is 6.96. The van der Waals surface area contributed by atoms with Crippen LogP contribution in [-0.2, 0) is 5.88 Å². The smallest absolute Gasteiger partial charge is 0.141 e. The molecule has 96 valence electrons. The van der Waals surface area contributed by atoms with Crippen molar-refractivity contribution in [3.63, 3.8) is 0 Å². The number of pyridine rings is 1. The van der Waals surface area contributed by atoms with Crippen molar-refractivity contribution >= 4 is 11.6 Å². The molecule has 1 unspecified atom stereocenters. The highest BCUT2D eigenvalue weighted by Crippen LogP contribution is 2.21. The second-order valence-electron chi connectivity index (χ2n) is 4.34. The zero-order valence-corrected chi connectivity index (χ0v) is 11.5. The minimum absolute atomic E-state index is 0.476. The SMILES string of the molecule is CCCCC(CC)COc1cnccc1CCl. The molecule has 1 atom stereocenters. The first kappa shape index (κ1) is 14.3. The molecule has 0 bridgehead atoms. The molecule has 17 heavy (non-hydrogen) atoms. The standard InChI is InChI=1S/C14H22ClNO/c1-3-5-6-12(4-2)11-17-14-10-16-8-7-13(14)9-15/h7-8,10,12H,3-6,9,11H2,1-2H3. The van der Waals surface area contributed by atoms with Crippen LogP contribution in [0.15, 0.2) is 18.5 Å². The fourth-order valence-electron chi connectivity index (χ4n) is 1.75. The molecule has 1 heterocycles. The lowest BCUT2D eigenvalue weighted by Gasteiger charge is -2.16. The van der Waals surface area contributed by atoms with Crippen LogP contribution < -0.4 is 4.74 Å². The van der Waals surface area contributed by atoms with Crippen LogP contribution in [-0.4, -0.2) is 11.6 Å². The molecule has 0 N–H and O–H groups in total. The summed E-state index contributed by atoms with van der Waals surface area (Å²) in [6, 6.07) is 1.91. The van der Waals surface area contributed by atoms with E-state index in [2.05, 4.69) is 18.8 Å². The van der Waals surface area contributed by atoms with Crippen LogP contribution in [0, 0.1) is 5.92 Å². The summed E-state index contributed by atoms with van der Waals surface area (Å²) in [5, 5.41) is 0. The topological polar surface area (TPSA) is 22.1 Å². The first-order valence-electron chi connectivity index (χ1n) is 6.43. The molecular weight excluding hydrogens is 234 g/mol. The third-order valence-corrected chi connectivity index (χ3v) is 3.32. The monoisotopic (exact) mass is 255 g/mol. The van der Waals surface area contributed by atoms with Crippen molar-refractivity contribution in [2.75, 3.05) is 6.61 Å². The van der Waals surface area contributed by atoms with Gasteiger partial charge in [0.2, 0.25) is 0 Å². The molecule has 0 saturated heterocycles. The van der Waals surface area contributed by atoms with E-state index in [-0.39, 0.29) is 0 Å². The fraction of sp³-hybridized carbons (Fsp3) is 0.643. The summed E-state index contributed by atoms with van der Waals surface area (Å²) < 4.78 is 5.83. The molecule has 1 aromatic heterocycles. The molecular formula is C14H22ClNO. The summed E-state index contributed by atoms with van der Waals surface area (Å²) in [5.74, 6) is 1.94. The van der Waals surface area contributed by atoms with Crippen LogP contribution in [0.2, 0.25) is 0 Å². The maximum atomic E-state index is 5.86. The van der Waals surface area contributed by atoms with Gasteiger partial charge in [0.25, 0.3) is 0 Å². The number of unbranched alkanes of at least 4 members (excludes halogenated alkanes) is 1. The van der Waals surface area contributed by atoms with Gasteiger partial charge in [0.05, 0.1) is 18.7 Å². The number of aromatic nitrogens is 1. The van der Waals surface area contributed by atoms with E-state index in [9.17, 15) is 0 Å². The molecule has 3 heteroatoms. The van der Waals surface area contributed by atoms with E-state index >= 15 is 0 Å². The van der Waals surface area contributed by atoms with Crippen molar-refractivity contribution < 1.29 is 4.74 Å². The Morgan fingerprint density at radius 3 is 2.88 bits per heavy atom. The number of ether oxygens (including phenoxy) is 1. The van der Waals surface area contributed by atoms with E-state index in [1.165, 1.54) is 19.3 Å². The van der Waals surface area contributed by atoms with Gasteiger partial charge < -0.3 is 4.74 Å². The third kappa shape index (κ3) is 4.95. The highest BCUT2D eigenvalue weighted by atomic mass is 35.5. The van der Waals surface area contributed by atoms with Crippen molar-refractivity contribution in [3.05, 3.63) is 24.0 Å². The summed E-state index contributed by atoms with van der Waals surface area (Å²) >= 11 is 5.86. The normalized spacial score (nSPS) is 12.4. The zero-order chi connectivity index (χ0) is 12.5. The highest BCUT2D eigenvalue weighted by Gasteiger charge is 2.08. The molecule has 0 aliphatic heterocycles. The number of hydrogen-bond acceptors (Lipinski definition) is 2. The number of alkyl halides is 1. The number of hydrogen-bond donors (Lipinski definition) is 0. The molecule has 0 saturated carbocycles. The van der Waals surface area contributed by atoms with Crippen LogP contribution in [0.1, 0.15) is 45.1 Å². The largest absolute Gasteiger partial charge is 0.491 e. The van der Waals surface area contributed by atoms with E-state index in [0.717, 1.165) is 24.3 Å². The Labute approximate surface area is 109 Å². The lowest BCUT2D eigenvalue weighted by Crippen LogP contribution is -2.12. The van der Waals surface area contributed by atoms with Crippen molar-refractivity contribution in [1.82, 2.24) is 4.98 Å². The van der Waals surface area contributed by atoms with Gasteiger partial charge in [-0.25, -0.2) is 0 Å². The maximum Gasteiger partial charge on any atom is 0.141 e. The molecule has 0 spiro atoms. The Morgan fingerprint density at radius 2 is 2.24 bits per heavy atom. The molecule has 1 aromatic rings. The Morgan fingerprint density at radius 1 is 1.41 bits per heavy atom. The van der Waals surface area contributed by atoms with Crippen molar-refractivity contribution in [2.45, 2.75) is 45.4 Å². The molecule has 0 aliphatic rings. The van der Waals surface area contributed by atoms with Gasteiger partial charge in [0, 0.05) is 11.8 Å². The summed E-state index contributed by atoms with van der Waals surface area (Å²) in [6.45, 7) is 5.21. The zero-order valence-electron chi connectivity index (χ0n) is 10.8. The quantitative estimate of drug-likeness (QED) is 0.642. The van der Waals surface area contributed by atoms with E-state index in [4.69, 9.17) is 16.3 Å². The van der Waals surface area contributed by atoms with Crippen LogP contribution in [0.4, 0.5) is 0 Å².